The minimum Gasteiger partial charge on any atom is -0.325 e. The number of anilines is 1. The Kier molecular flexibility index (Phi) is 4.61. The molecule has 20 heavy (non-hydrogen) atoms. The van der Waals surface area contributed by atoms with E-state index >= 15 is 0 Å². The second-order valence-corrected chi connectivity index (χ2v) is 4.61. The lowest BCUT2D eigenvalue weighted by Gasteiger charge is -2.04. The van der Waals surface area contributed by atoms with Crippen molar-refractivity contribution >= 4 is 29.0 Å². The largest absolute Gasteiger partial charge is 0.325 e. The van der Waals surface area contributed by atoms with E-state index in [0.29, 0.717) is 10.8 Å². The average Bonchev–Trinajstić information content (AvgIpc) is 2.47. The Morgan fingerprint density at radius 1 is 1.25 bits per heavy atom. The van der Waals surface area contributed by atoms with Gasteiger partial charge in [0.05, 0.1) is 10.7 Å². The molecule has 0 saturated carbocycles. The van der Waals surface area contributed by atoms with Crippen molar-refractivity contribution in [3.8, 4) is 0 Å². The number of hydrogen-bond acceptors (Lipinski definition) is 6. The van der Waals surface area contributed by atoms with Crippen LogP contribution in [0.5, 0.6) is 0 Å². The molecule has 1 N–H and O–H groups in total. The van der Waals surface area contributed by atoms with E-state index in [4.69, 9.17) is 0 Å². The first-order valence-corrected chi connectivity index (χ1v) is 6.58. The zero-order chi connectivity index (χ0) is 14.4. The molecular weight excluding hydrogens is 280 g/mol. The van der Waals surface area contributed by atoms with Gasteiger partial charge >= 0.3 is 0 Å². The lowest BCUT2D eigenvalue weighted by Crippen LogP contribution is -2.14. The number of amides is 1. The molecule has 0 spiro atoms. The van der Waals surface area contributed by atoms with Crippen LogP contribution < -0.4 is 5.32 Å². The molecule has 0 saturated heterocycles. The predicted molar refractivity (Wildman–Crippen MR) is 74.5 cm³/mol. The lowest BCUT2D eigenvalue weighted by atomic mass is 10.3. The molecule has 0 aliphatic rings. The fourth-order valence-corrected chi connectivity index (χ4v) is 1.96. The maximum atomic E-state index is 11.7. The van der Waals surface area contributed by atoms with Crippen LogP contribution in [0, 0.1) is 10.1 Å². The van der Waals surface area contributed by atoms with Crippen molar-refractivity contribution in [2.45, 2.75) is 5.16 Å². The number of aromatic nitrogens is 2. The third kappa shape index (κ3) is 4.02. The van der Waals surface area contributed by atoms with Crippen molar-refractivity contribution in [1.29, 1.82) is 0 Å². The van der Waals surface area contributed by atoms with Gasteiger partial charge in [0.25, 0.3) is 5.69 Å². The molecule has 8 heteroatoms. The molecule has 0 fully saturated rings. The molecule has 0 bridgehead atoms. The van der Waals surface area contributed by atoms with Gasteiger partial charge in [0.15, 0.2) is 5.16 Å². The van der Waals surface area contributed by atoms with Crippen molar-refractivity contribution in [1.82, 2.24) is 9.97 Å². The molecule has 0 aliphatic heterocycles. The molecule has 1 aromatic carbocycles. The van der Waals surface area contributed by atoms with E-state index in [1.165, 1.54) is 36.0 Å². The third-order valence-corrected chi connectivity index (χ3v) is 3.11. The first-order chi connectivity index (χ1) is 9.65. The van der Waals surface area contributed by atoms with Crippen LogP contribution in [0.1, 0.15) is 0 Å². The van der Waals surface area contributed by atoms with Gasteiger partial charge in [-0.3, -0.25) is 14.9 Å². The highest BCUT2D eigenvalue weighted by Crippen LogP contribution is 2.16. The van der Waals surface area contributed by atoms with Crippen molar-refractivity contribution in [2.75, 3.05) is 11.1 Å². The van der Waals surface area contributed by atoms with Gasteiger partial charge < -0.3 is 5.32 Å². The van der Waals surface area contributed by atoms with E-state index in [9.17, 15) is 14.9 Å². The summed E-state index contributed by atoms with van der Waals surface area (Å²) in [6, 6.07) is 7.34. The Hall–Kier alpha value is -2.48. The molecule has 1 heterocycles. The number of rotatable bonds is 5. The van der Waals surface area contributed by atoms with E-state index in [0.717, 1.165) is 0 Å². The summed E-state index contributed by atoms with van der Waals surface area (Å²) < 4.78 is 0. The molecule has 0 aliphatic carbocycles. The normalized spacial score (nSPS) is 10.0. The van der Waals surface area contributed by atoms with Crippen LogP contribution in [0.15, 0.2) is 47.9 Å². The van der Waals surface area contributed by atoms with E-state index in [2.05, 4.69) is 15.3 Å². The summed E-state index contributed by atoms with van der Waals surface area (Å²) in [5.74, 6) is -0.0580. The van der Waals surface area contributed by atoms with Crippen LogP contribution in [0.4, 0.5) is 11.4 Å². The molecule has 0 atom stereocenters. The maximum absolute atomic E-state index is 11.7. The summed E-state index contributed by atoms with van der Waals surface area (Å²) in [6.07, 6.45) is 3.20. The van der Waals surface area contributed by atoms with Gasteiger partial charge in [-0.2, -0.15) is 0 Å². The molecule has 7 nitrogen and oxygen atoms in total. The van der Waals surface area contributed by atoms with Crippen molar-refractivity contribution in [3.63, 3.8) is 0 Å². The summed E-state index contributed by atoms with van der Waals surface area (Å²) in [4.78, 5) is 29.7. The molecule has 2 rings (SSSR count). The number of nitro benzene ring substituents is 1. The Balaban J connectivity index is 1.86. The van der Waals surface area contributed by atoms with Crippen LogP contribution in [0.25, 0.3) is 0 Å². The van der Waals surface area contributed by atoms with Crippen molar-refractivity contribution in [2.24, 2.45) is 0 Å². The van der Waals surface area contributed by atoms with Crippen LogP contribution in [0.2, 0.25) is 0 Å². The topological polar surface area (TPSA) is 98.0 Å². The van der Waals surface area contributed by atoms with E-state index in [1.807, 2.05) is 0 Å². The second kappa shape index (κ2) is 6.62. The molecule has 1 amide bonds. The number of hydrogen-bond donors (Lipinski definition) is 1. The first-order valence-electron chi connectivity index (χ1n) is 5.59. The summed E-state index contributed by atoms with van der Waals surface area (Å²) in [7, 11) is 0. The van der Waals surface area contributed by atoms with Gasteiger partial charge in [-0.1, -0.05) is 11.8 Å². The monoisotopic (exact) mass is 290 g/mol. The first kappa shape index (κ1) is 13.9. The Bertz CT molecular complexity index is 604. The molecule has 0 radical (unpaired) electrons. The van der Waals surface area contributed by atoms with Gasteiger partial charge in [-0.25, -0.2) is 9.97 Å². The highest BCUT2D eigenvalue weighted by atomic mass is 32.2. The number of carbonyl (C=O) groups excluding carboxylic acids is 1. The number of nitrogens with one attached hydrogen (secondary N) is 1. The Morgan fingerprint density at radius 3 is 2.50 bits per heavy atom. The van der Waals surface area contributed by atoms with Crippen molar-refractivity contribution < 1.29 is 9.72 Å². The third-order valence-electron chi connectivity index (χ3n) is 2.24. The van der Waals surface area contributed by atoms with E-state index in [1.54, 1.807) is 18.5 Å². The number of nitro groups is 1. The number of benzene rings is 1. The maximum Gasteiger partial charge on any atom is 0.269 e. The van der Waals surface area contributed by atoms with E-state index < -0.39 is 4.92 Å². The molecule has 102 valence electrons. The average molecular weight is 290 g/mol. The fourth-order valence-electron chi connectivity index (χ4n) is 1.35. The summed E-state index contributed by atoms with van der Waals surface area (Å²) in [6.45, 7) is 0. The van der Waals surface area contributed by atoms with Gasteiger partial charge in [-0.05, 0) is 18.2 Å². The smallest absolute Gasteiger partial charge is 0.269 e. The molecule has 2 aromatic rings. The molecular formula is C12H10N4O3S. The summed E-state index contributed by atoms with van der Waals surface area (Å²) >= 11 is 1.21. The SMILES string of the molecule is O=C(CSc1ncccn1)Nc1ccc([N+](=O)[O-])cc1. The van der Waals surface area contributed by atoms with Crippen LogP contribution in [0.3, 0.4) is 0 Å². The number of thioether (sulfide) groups is 1. The zero-order valence-corrected chi connectivity index (χ0v) is 11.0. The quantitative estimate of drug-likeness (QED) is 0.392. The standard InChI is InChI=1S/C12H10N4O3S/c17-11(8-20-12-13-6-1-7-14-12)15-9-2-4-10(5-3-9)16(18)19/h1-7H,8H2,(H,15,17). The molecule has 1 aromatic heterocycles. The van der Waals surface area contributed by atoms with Gasteiger partial charge in [0, 0.05) is 30.2 Å². The minimum atomic E-state index is -0.492. The van der Waals surface area contributed by atoms with E-state index in [-0.39, 0.29) is 17.3 Å². The van der Waals surface area contributed by atoms with Gasteiger partial charge in [0.1, 0.15) is 0 Å². The van der Waals surface area contributed by atoms with Crippen molar-refractivity contribution in [3.05, 3.63) is 52.8 Å². The predicted octanol–water partition coefficient (Wildman–Crippen LogP) is 2.12. The second-order valence-electron chi connectivity index (χ2n) is 3.67. The highest BCUT2D eigenvalue weighted by Gasteiger charge is 2.07. The minimum absolute atomic E-state index is 0.0185. The summed E-state index contributed by atoms with van der Waals surface area (Å²) in [5.41, 5.74) is 0.491. The number of non-ortho nitro benzene ring substituents is 1. The molecule has 0 unspecified atom stereocenters. The van der Waals surface area contributed by atoms with Crippen LogP contribution in [-0.2, 0) is 4.79 Å². The number of nitrogens with zero attached hydrogens (tertiary/aromatic N) is 3. The summed E-state index contributed by atoms with van der Waals surface area (Å²) in [5, 5.41) is 13.7. The lowest BCUT2D eigenvalue weighted by molar-refractivity contribution is -0.384. The zero-order valence-electron chi connectivity index (χ0n) is 10.2. The van der Waals surface area contributed by atoms with Crippen LogP contribution >= 0.6 is 11.8 Å². The fraction of sp³-hybridized carbons (Fsp3) is 0.0833. The van der Waals surface area contributed by atoms with Crippen LogP contribution in [-0.4, -0.2) is 26.6 Å². The Morgan fingerprint density at radius 2 is 1.90 bits per heavy atom. The van der Waals surface area contributed by atoms with Gasteiger partial charge in [-0.15, -0.1) is 0 Å². The number of carbonyl (C=O) groups is 1. The van der Waals surface area contributed by atoms with Gasteiger partial charge in [0.2, 0.25) is 5.91 Å². The highest BCUT2D eigenvalue weighted by molar-refractivity contribution is 7.99. The Labute approximate surface area is 118 Å².